The molecule has 8 rings (SSSR count). The van der Waals surface area contributed by atoms with Crippen LogP contribution >= 0.6 is 0 Å². The number of nitrogens with one attached hydrogen (secondary N) is 2. The van der Waals surface area contributed by atoms with Crippen molar-refractivity contribution in [2.75, 3.05) is 21.3 Å². The van der Waals surface area contributed by atoms with Crippen LogP contribution in [-0.2, 0) is 22.3 Å². The Hall–Kier alpha value is -4.61. The molecule has 0 saturated heterocycles. The second-order valence-corrected chi connectivity index (χ2v) is 12.7. The average Bonchev–Trinajstić information content (AvgIpc) is 3.99. The van der Waals surface area contributed by atoms with Crippen LogP contribution in [0.3, 0.4) is 0 Å². The number of fused-ring (bicyclic) bond motifs is 2. The Balaban J connectivity index is 0.000000269. The molecule has 2 aliphatic carbocycles. The molecule has 1 atom stereocenters. The SMILES string of the molecule is CO.COC(=O)c1cnc(CCC(=O)c2cn3cc(C4CC4)ccc3n2)[nH]1.COC(=O)c1cnc(CCC(O)c2cn3cc(C4CC4)ccc3n2)[nH]1.[B].[H-].[Na+]. The fourth-order valence-electron chi connectivity index (χ4n) is 5.84. The first-order valence-corrected chi connectivity index (χ1v) is 17.2. The number of rotatable bonds is 12. The second kappa shape index (κ2) is 19.1. The van der Waals surface area contributed by atoms with Crippen LogP contribution in [0.4, 0.5) is 0 Å². The van der Waals surface area contributed by atoms with Crippen LogP contribution in [0.5, 0.6) is 0 Å². The molecule has 17 heteroatoms. The summed E-state index contributed by atoms with van der Waals surface area (Å²) in [6.45, 7) is 0. The number of esters is 2. The molecule has 6 aromatic rings. The number of methoxy groups -OCH3 is 2. The predicted octanol–water partition coefficient (Wildman–Crippen LogP) is 1.27. The summed E-state index contributed by atoms with van der Waals surface area (Å²) in [5.41, 5.74) is 5.94. The van der Waals surface area contributed by atoms with Crippen molar-refractivity contribution < 1.29 is 65.1 Å². The van der Waals surface area contributed by atoms with Gasteiger partial charge in [-0.25, -0.2) is 29.5 Å². The largest absolute Gasteiger partial charge is 1.00 e. The summed E-state index contributed by atoms with van der Waals surface area (Å²) in [6.07, 6.45) is 16.7. The Morgan fingerprint density at radius 2 is 1.30 bits per heavy atom. The quantitative estimate of drug-likeness (QED) is 0.0799. The van der Waals surface area contributed by atoms with E-state index in [4.69, 9.17) is 5.11 Å². The van der Waals surface area contributed by atoms with E-state index in [9.17, 15) is 19.5 Å². The van der Waals surface area contributed by atoms with Gasteiger partial charge in [-0.1, -0.05) is 12.1 Å². The number of aliphatic hydroxyl groups excluding tert-OH is 2. The Kier molecular flexibility index (Phi) is 14.9. The Bertz CT molecular complexity index is 2190. The number of hydrogen-bond acceptors (Lipinski definition) is 11. The monoisotopic (exact) mass is 745 g/mol. The molecule has 2 aliphatic rings. The number of nitrogens with zero attached hydrogens (tertiary/aromatic N) is 6. The van der Waals surface area contributed by atoms with E-state index < -0.39 is 18.0 Å². The number of ketones is 1. The summed E-state index contributed by atoms with van der Waals surface area (Å²) < 4.78 is 13.2. The summed E-state index contributed by atoms with van der Waals surface area (Å²) in [5.74, 6) is 1.58. The number of ether oxygens (including phenoxy) is 2. The molecular formula is C37H43BN8NaO7. The van der Waals surface area contributed by atoms with Gasteiger partial charge in [0.05, 0.1) is 38.4 Å². The van der Waals surface area contributed by atoms with Crippen LogP contribution in [0.2, 0.25) is 0 Å². The second-order valence-electron chi connectivity index (χ2n) is 12.7. The number of carbonyl (C=O) groups is 3. The number of H-pyrrole nitrogens is 2. The maximum atomic E-state index is 12.4. The van der Waals surface area contributed by atoms with Crippen LogP contribution < -0.4 is 29.6 Å². The zero-order valence-electron chi connectivity index (χ0n) is 31.9. The van der Waals surface area contributed by atoms with Gasteiger partial charge in [-0.05, 0) is 67.2 Å². The molecule has 4 N–H and O–H groups in total. The zero-order valence-corrected chi connectivity index (χ0v) is 32.9. The van der Waals surface area contributed by atoms with Gasteiger partial charge in [0.15, 0.2) is 5.78 Å². The van der Waals surface area contributed by atoms with Crippen molar-refractivity contribution in [3.63, 3.8) is 0 Å². The molecule has 0 aromatic carbocycles. The van der Waals surface area contributed by atoms with E-state index in [1.165, 1.54) is 63.4 Å². The molecule has 0 aliphatic heterocycles. The van der Waals surface area contributed by atoms with E-state index in [0.29, 0.717) is 59.8 Å². The molecule has 6 aromatic heterocycles. The molecule has 1 unspecified atom stereocenters. The minimum Gasteiger partial charge on any atom is -1.00 e. The maximum Gasteiger partial charge on any atom is 1.00 e. The topological polar surface area (TPSA) is 202 Å². The third-order valence-corrected chi connectivity index (χ3v) is 9.00. The number of pyridine rings is 2. The van der Waals surface area contributed by atoms with E-state index in [-0.39, 0.29) is 57.3 Å². The van der Waals surface area contributed by atoms with Crippen LogP contribution in [-0.4, -0.2) is 96.4 Å². The summed E-state index contributed by atoms with van der Waals surface area (Å²) in [6, 6.07) is 8.16. The van der Waals surface area contributed by atoms with E-state index in [2.05, 4.69) is 63.9 Å². The molecular weight excluding hydrogens is 702 g/mol. The van der Waals surface area contributed by atoms with E-state index in [1.807, 2.05) is 27.1 Å². The number of Topliss-reactive ketones (excluding diaryl/α,β-unsaturated/α-hetero) is 1. The van der Waals surface area contributed by atoms with Gasteiger partial charge in [0.1, 0.15) is 40.0 Å². The van der Waals surface area contributed by atoms with Crippen LogP contribution in [0.1, 0.15) is 118 Å². The first-order valence-electron chi connectivity index (χ1n) is 17.2. The van der Waals surface area contributed by atoms with Gasteiger partial charge in [0.2, 0.25) is 0 Å². The van der Waals surface area contributed by atoms with Crippen LogP contribution in [0.25, 0.3) is 11.3 Å². The number of carbonyl (C=O) groups excluding carboxylic acids is 3. The standard InChI is InChI=1S/C18H20N4O3.C18H18N4O3.CH4O.B.Na.H/c2*1-25-18(24)13-8-19-16(20-13)6-5-15(23)14-10-22-9-12(11-2-3-11)4-7-17(22)21-14;1-2;;;/h4,7-11,15,23H,2-3,5-6H2,1H3,(H,19,20);4,7-11H,2-3,5-6H2,1H3,(H,19,20);2H,1H3;;;/q;;;;+1;-1. The average molecular weight is 746 g/mol. The van der Waals surface area contributed by atoms with Gasteiger partial charge in [-0.2, -0.15) is 0 Å². The van der Waals surface area contributed by atoms with Crippen LogP contribution in [0, 0.1) is 0 Å². The number of aromatic amines is 2. The van der Waals surface area contributed by atoms with Gasteiger partial charge in [-0.15, -0.1) is 0 Å². The van der Waals surface area contributed by atoms with Gasteiger partial charge < -0.3 is 39.9 Å². The molecule has 0 bridgehead atoms. The third kappa shape index (κ3) is 10.3. The van der Waals surface area contributed by atoms with Crippen molar-refractivity contribution in [1.29, 1.82) is 0 Å². The summed E-state index contributed by atoms with van der Waals surface area (Å²) in [7, 11) is 3.63. The fraction of sp³-hybridized carbons (Fsp3) is 0.378. The molecule has 0 amide bonds. The molecule has 6 heterocycles. The number of aryl methyl sites for hydroxylation is 2. The molecule has 3 radical (unpaired) electrons. The van der Waals surface area contributed by atoms with E-state index >= 15 is 0 Å². The Labute approximate surface area is 337 Å². The minimum absolute atomic E-state index is 0. The van der Waals surface area contributed by atoms with Gasteiger partial charge in [0.25, 0.3) is 0 Å². The predicted molar refractivity (Wildman–Crippen MR) is 195 cm³/mol. The first kappa shape index (κ1) is 42.1. The molecule has 0 spiro atoms. The van der Waals surface area contributed by atoms with Crippen molar-refractivity contribution in [1.82, 2.24) is 38.7 Å². The smallest absolute Gasteiger partial charge is 1.00 e. The summed E-state index contributed by atoms with van der Waals surface area (Å²) in [4.78, 5) is 58.1. The molecule has 2 fully saturated rings. The van der Waals surface area contributed by atoms with Crippen molar-refractivity contribution >= 4 is 37.4 Å². The number of imidazole rings is 4. The normalized spacial score (nSPS) is 13.7. The van der Waals surface area contributed by atoms with Gasteiger partial charge in [0, 0.05) is 59.6 Å². The van der Waals surface area contributed by atoms with Gasteiger partial charge >= 0.3 is 41.5 Å². The molecule has 54 heavy (non-hydrogen) atoms. The number of aliphatic hydroxyl groups is 2. The molecule has 277 valence electrons. The van der Waals surface area contributed by atoms with Crippen molar-refractivity contribution in [3.8, 4) is 0 Å². The van der Waals surface area contributed by atoms with Crippen molar-refractivity contribution in [3.05, 3.63) is 107 Å². The van der Waals surface area contributed by atoms with Crippen molar-refractivity contribution in [2.24, 2.45) is 0 Å². The van der Waals surface area contributed by atoms with Crippen molar-refractivity contribution in [2.45, 2.75) is 69.3 Å². The van der Waals surface area contributed by atoms with Crippen LogP contribution in [0.15, 0.2) is 61.4 Å². The van der Waals surface area contributed by atoms with E-state index in [0.717, 1.165) is 18.4 Å². The molecule has 15 nitrogen and oxygen atoms in total. The zero-order chi connectivity index (χ0) is 36.8. The first-order chi connectivity index (χ1) is 25.3. The number of hydrogen-bond donors (Lipinski definition) is 4. The third-order valence-electron chi connectivity index (χ3n) is 9.00. The Morgan fingerprint density at radius 3 is 1.81 bits per heavy atom. The maximum absolute atomic E-state index is 12.4. The fourth-order valence-corrected chi connectivity index (χ4v) is 5.84. The summed E-state index contributed by atoms with van der Waals surface area (Å²) in [5, 5.41) is 17.4. The van der Waals surface area contributed by atoms with E-state index in [1.54, 1.807) is 6.20 Å². The number of aromatic nitrogens is 8. The van der Waals surface area contributed by atoms with Gasteiger partial charge in [-0.3, -0.25) is 4.79 Å². The summed E-state index contributed by atoms with van der Waals surface area (Å²) >= 11 is 0. The Morgan fingerprint density at radius 1 is 0.796 bits per heavy atom. The molecule has 2 saturated carbocycles. The minimum atomic E-state index is -0.684.